The van der Waals surface area contributed by atoms with Crippen molar-refractivity contribution in [1.29, 1.82) is 0 Å². The molecule has 0 spiro atoms. The Bertz CT molecular complexity index is 313. The molecule has 1 atom stereocenters. The van der Waals surface area contributed by atoms with E-state index in [2.05, 4.69) is 37.1 Å². The lowest BCUT2D eigenvalue weighted by Crippen LogP contribution is -2.28. The van der Waals surface area contributed by atoms with Crippen LogP contribution in [0.4, 0.5) is 0 Å². The summed E-state index contributed by atoms with van der Waals surface area (Å²) in [6.45, 7) is 7.64. The van der Waals surface area contributed by atoms with Crippen molar-refractivity contribution in [1.82, 2.24) is 10.3 Å². The molecule has 90 valence electrons. The molecule has 0 aliphatic carbocycles. The van der Waals surface area contributed by atoms with Crippen LogP contribution in [0.3, 0.4) is 0 Å². The predicted molar refractivity (Wildman–Crippen MR) is 66.1 cm³/mol. The Morgan fingerprint density at radius 2 is 2.19 bits per heavy atom. The maximum Gasteiger partial charge on any atom is 0.0667 e. The normalized spacial score (nSPS) is 13.1. The Morgan fingerprint density at radius 1 is 1.44 bits per heavy atom. The van der Waals surface area contributed by atoms with Crippen molar-refractivity contribution >= 4 is 0 Å². The molecule has 1 aromatic rings. The number of hydrogen-bond acceptors (Lipinski definition) is 3. The fraction of sp³-hybridized carbons (Fsp3) is 0.615. The number of aromatic nitrogens is 1. The molecule has 3 nitrogen and oxygen atoms in total. The van der Waals surface area contributed by atoms with E-state index in [4.69, 9.17) is 0 Å². The molecule has 1 unspecified atom stereocenters. The summed E-state index contributed by atoms with van der Waals surface area (Å²) in [4.78, 5) is 4.29. The first kappa shape index (κ1) is 13.1. The van der Waals surface area contributed by atoms with Crippen molar-refractivity contribution in [3.63, 3.8) is 0 Å². The van der Waals surface area contributed by atoms with Crippen LogP contribution in [0, 0.1) is 12.8 Å². The molecule has 1 heterocycles. The molecular formula is C13H22N2O. The van der Waals surface area contributed by atoms with Gasteiger partial charge in [0.15, 0.2) is 0 Å². The van der Waals surface area contributed by atoms with Crippen molar-refractivity contribution in [3.05, 3.63) is 29.6 Å². The predicted octanol–water partition coefficient (Wildman–Crippen LogP) is 1.89. The Hall–Kier alpha value is -0.930. The van der Waals surface area contributed by atoms with Crippen LogP contribution < -0.4 is 5.32 Å². The third-order valence-electron chi connectivity index (χ3n) is 2.53. The highest BCUT2D eigenvalue weighted by Gasteiger charge is 2.06. The Balaban J connectivity index is 2.28. The van der Waals surface area contributed by atoms with Gasteiger partial charge in [-0.1, -0.05) is 19.9 Å². The lowest BCUT2D eigenvalue weighted by atomic mass is 10.1. The quantitative estimate of drug-likeness (QED) is 0.772. The fourth-order valence-corrected chi connectivity index (χ4v) is 1.69. The van der Waals surface area contributed by atoms with E-state index in [1.165, 1.54) is 5.56 Å². The molecule has 0 saturated carbocycles. The van der Waals surface area contributed by atoms with Crippen molar-refractivity contribution < 1.29 is 5.11 Å². The van der Waals surface area contributed by atoms with E-state index in [0.29, 0.717) is 12.5 Å². The molecule has 0 fully saturated rings. The third-order valence-corrected chi connectivity index (χ3v) is 2.53. The lowest BCUT2D eigenvalue weighted by Gasteiger charge is -2.14. The van der Waals surface area contributed by atoms with Crippen molar-refractivity contribution in [2.24, 2.45) is 5.92 Å². The third kappa shape index (κ3) is 4.73. The van der Waals surface area contributed by atoms with Gasteiger partial charge in [0.1, 0.15) is 0 Å². The van der Waals surface area contributed by atoms with Gasteiger partial charge < -0.3 is 10.4 Å². The number of aliphatic hydroxyl groups is 1. The van der Waals surface area contributed by atoms with Gasteiger partial charge in [-0.05, 0) is 30.9 Å². The monoisotopic (exact) mass is 222 g/mol. The summed E-state index contributed by atoms with van der Waals surface area (Å²) in [7, 11) is 0. The first-order valence-corrected chi connectivity index (χ1v) is 5.89. The average Bonchev–Trinajstić information content (AvgIpc) is 2.19. The van der Waals surface area contributed by atoms with Crippen LogP contribution in [-0.2, 0) is 6.54 Å². The molecule has 0 aliphatic heterocycles. The summed E-state index contributed by atoms with van der Waals surface area (Å²) in [5.41, 5.74) is 2.24. The van der Waals surface area contributed by atoms with Crippen LogP contribution in [0.25, 0.3) is 0 Å². The van der Waals surface area contributed by atoms with Crippen LogP contribution in [0.2, 0.25) is 0 Å². The molecule has 0 amide bonds. The van der Waals surface area contributed by atoms with E-state index in [9.17, 15) is 5.11 Å². The lowest BCUT2D eigenvalue weighted by molar-refractivity contribution is 0.146. The van der Waals surface area contributed by atoms with Gasteiger partial charge in [0.25, 0.3) is 0 Å². The van der Waals surface area contributed by atoms with Gasteiger partial charge in [-0.25, -0.2) is 0 Å². The number of aliphatic hydroxyl groups excluding tert-OH is 1. The van der Waals surface area contributed by atoms with Gasteiger partial charge in [-0.3, -0.25) is 4.98 Å². The molecular weight excluding hydrogens is 200 g/mol. The molecule has 1 aromatic heterocycles. The SMILES string of the molecule is Cc1cccnc1CNCC(O)CC(C)C. The highest BCUT2D eigenvalue weighted by molar-refractivity contribution is 5.17. The van der Waals surface area contributed by atoms with E-state index >= 15 is 0 Å². The van der Waals surface area contributed by atoms with Gasteiger partial charge in [0.2, 0.25) is 0 Å². The number of pyridine rings is 1. The average molecular weight is 222 g/mol. The van der Waals surface area contributed by atoms with Crippen molar-refractivity contribution in [3.8, 4) is 0 Å². The molecule has 0 aromatic carbocycles. The molecule has 3 heteroatoms. The summed E-state index contributed by atoms with van der Waals surface area (Å²) < 4.78 is 0. The summed E-state index contributed by atoms with van der Waals surface area (Å²) >= 11 is 0. The van der Waals surface area contributed by atoms with Crippen LogP contribution in [0.1, 0.15) is 31.5 Å². The largest absolute Gasteiger partial charge is 0.392 e. The topological polar surface area (TPSA) is 45.2 Å². The van der Waals surface area contributed by atoms with E-state index in [1.807, 2.05) is 6.07 Å². The second-order valence-electron chi connectivity index (χ2n) is 4.68. The highest BCUT2D eigenvalue weighted by atomic mass is 16.3. The maximum atomic E-state index is 9.68. The molecule has 0 radical (unpaired) electrons. The number of aryl methyl sites for hydroxylation is 1. The van der Waals surface area contributed by atoms with Crippen molar-refractivity contribution in [2.45, 2.75) is 39.8 Å². The first-order valence-electron chi connectivity index (χ1n) is 5.89. The van der Waals surface area contributed by atoms with Crippen LogP contribution in [0.5, 0.6) is 0 Å². The van der Waals surface area contributed by atoms with E-state index in [0.717, 1.165) is 18.7 Å². The van der Waals surface area contributed by atoms with Gasteiger partial charge in [-0.15, -0.1) is 0 Å². The maximum absolute atomic E-state index is 9.68. The summed E-state index contributed by atoms with van der Waals surface area (Å²) in [6, 6.07) is 3.99. The zero-order chi connectivity index (χ0) is 12.0. The smallest absolute Gasteiger partial charge is 0.0667 e. The zero-order valence-corrected chi connectivity index (χ0v) is 10.4. The van der Waals surface area contributed by atoms with Gasteiger partial charge >= 0.3 is 0 Å². The van der Waals surface area contributed by atoms with Crippen molar-refractivity contribution in [2.75, 3.05) is 6.54 Å². The second kappa shape index (κ2) is 6.61. The minimum Gasteiger partial charge on any atom is -0.392 e. The molecule has 2 N–H and O–H groups in total. The van der Waals surface area contributed by atoms with E-state index < -0.39 is 0 Å². The Morgan fingerprint density at radius 3 is 2.81 bits per heavy atom. The van der Waals surface area contributed by atoms with Crippen LogP contribution >= 0.6 is 0 Å². The van der Waals surface area contributed by atoms with Crippen LogP contribution in [-0.4, -0.2) is 22.7 Å². The van der Waals surface area contributed by atoms with E-state index in [1.54, 1.807) is 6.20 Å². The molecule has 16 heavy (non-hydrogen) atoms. The number of nitrogens with one attached hydrogen (secondary N) is 1. The number of nitrogens with zero attached hydrogens (tertiary/aromatic N) is 1. The van der Waals surface area contributed by atoms with E-state index in [-0.39, 0.29) is 6.10 Å². The fourth-order valence-electron chi connectivity index (χ4n) is 1.69. The summed E-state index contributed by atoms with van der Waals surface area (Å²) in [5.74, 6) is 0.536. The Kier molecular flexibility index (Phi) is 5.43. The van der Waals surface area contributed by atoms with Gasteiger partial charge in [0.05, 0.1) is 11.8 Å². The molecule has 1 rings (SSSR count). The van der Waals surface area contributed by atoms with Gasteiger partial charge in [0, 0.05) is 19.3 Å². The van der Waals surface area contributed by atoms with Gasteiger partial charge in [-0.2, -0.15) is 0 Å². The van der Waals surface area contributed by atoms with Crippen LogP contribution in [0.15, 0.2) is 18.3 Å². The second-order valence-corrected chi connectivity index (χ2v) is 4.68. The minimum atomic E-state index is -0.260. The first-order chi connectivity index (χ1) is 7.59. The highest BCUT2D eigenvalue weighted by Crippen LogP contribution is 2.05. The zero-order valence-electron chi connectivity index (χ0n) is 10.4. The summed E-state index contributed by atoms with van der Waals surface area (Å²) in [6.07, 6.45) is 2.38. The Labute approximate surface area is 97.9 Å². The molecule has 0 aliphatic rings. The number of rotatable bonds is 6. The minimum absolute atomic E-state index is 0.260. The number of hydrogen-bond donors (Lipinski definition) is 2. The molecule has 0 bridgehead atoms. The standard InChI is InChI=1S/C13H22N2O/c1-10(2)7-12(16)8-14-9-13-11(3)5-4-6-15-13/h4-6,10,12,14,16H,7-9H2,1-3H3. The molecule has 0 saturated heterocycles. The summed E-state index contributed by atoms with van der Waals surface area (Å²) in [5, 5.41) is 12.9.